The molecule has 4 nitrogen and oxygen atoms in total. The molecule has 2 aromatic carbocycles. The number of hydrogen-bond acceptors (Lipinski definition) is 3. The van der Waals surface area contributed by atoms with Crippen LogP contribution in [0.15, 0.2) is 48.5 Å². The zero-order valence-corrected chi connectivity index (χ0v) is 11.2. The van der Waals surface area contributed by atoms with Crippen molar-refractivity contribution in [3.63, 3.8) is 0 Å². The van der Waals surface area contributed by atoms with Crippen LogP contribution in [-0.2, 0) is 11.2 Å². The number of carbonyl (C=O) groups is 1. The second-order valence-corrected chi connectivity index (χ2v) is 4.78. The Balaban J connectivity index is 1.66. The number of para-hydroxylation sites is 1. The van der Waals surface area contributed by atoms with E-state index in [1.807, 2.05) is 48.5 Å². The number of anilines is 2. The van der Waals surface area contributed by atoms with Crippen molar-refractivity contribution in [2.75, 3.05) is 17.7 Å². The van der Waals surface area contributed by atoms with Gasteiger partial charge in [0.05, 0.1) is 7.11 Å². The number of ether oxygens (including phenoxy) is 1. The largest absolute Gasteiger partial charge is 0.497 e. The Morgan fingerprint density at radius 2 is 1.95 bits per heavy atom. The summed E-state index contributed by atoms with van der Waals surface area (Å²) in [6, 6.07) is 15.1. The first-order chi connectivity index (χ1) is 9.76. The van der Waals surface area contributed by atoms with Crippen molar-refractivity contribution in [3.8, 4) is 5.75 Å². The third kappa shape index (κ3) is 2.45. The third-order valence-corrected chi connectivity index (χ3v) is 3.45. The highest BCUT2D eigenvalue weighted by atomic mass is 16.5. The van der Waals surface area contributed by atoms with Crippen LogP contribution in [-0.4, -0.2) is 19.1 Å². The van der Waals surface area contributed by atoms with Crippen molar-refractivity contribution in [2.24, 2.45) is 0 Å². The lowest BCUT2D eigenvalue weighted by Gasteiger charge is -2.12. The summed E-state index contributed by atoms with van der Waals surface area (Å²) in [5.41, 5.74) is 3.00. The van der Waals surface area contributed by atoms with Gasteiger partial charge in [0.2, 0.25) is 5.91 Å². The molecule has 1 atom stereocenters. The quantitative estimate of drug-likeness (QED) is 0.899. The fourth-order valence-corrected chi connectivity index (χ4v) is 2.36. The van der Waals surface area contributed by atoms with Gasteiger partial charge in [-0.15, -0.1) is 0 Å². The molecule has 1 aliphatic rings. The molecule has 0 aromatic heterocycles. The summed E-state index contributed by atoms with van der Waals surface area (Å²) in [6.07, 6.45) is 0.720. The van der Waals surface area contributed by atoms with Crippen LogP contribution in [0.1, 0.15) is 5.56 Å². The van der Waals surface area contributed by atoms with Gasteiger partial charge in [-0.05, 0) is 35.9 Å². The second-order valence-electron chi connectivity index (χ2n) is 4.78. The Morgan fingerprint density at radius 1 is 1.20 bits per heavy atom. The van der Waals surface area contributed by atoms with Gasteiger partial charge >= 0.3 is 0 Å². The first kappa shape index (κ1) is 12.5. The number of rotatable bonds is 3. The van der Waals surface area contributed by atoms with Crippen LogP contribution in [0.4, 0.5) is 11.4 Å². The van der Waals surface area contributed by atoms with Gasteiger partial charge in [0, 0.05) is 17.8 Å². The molecule has 4 heteroatoms. The number of nitrogens with one attached hydrogen (secondary N) is 2. The summed E-state index contributed by atoms with van der Waals surface area (Å²) in [6.45, 7) is 0. The molecule has 20 heavy (non-hydrogen) atoms. The standard InChI is InChI=1S/C16H16N2O2/c1-20-13-8-6-12(7-9-13)17-16(19)15-10-11-4-2-3-5-14(11)18-15/h2-9,15,18H,10H2,1H3,(H,17,19). The Labute approximate surface area is 117 Å². The highest BCUT2D eigenvalue weighted by Gasteiger charge is 2.26. The fraction of sp³-hybridized carbons (Fsp3) is 0.188. The monoisotopic (exact) mass is 268 g/mol. The zero-order valence-electron chi connectivity index (χ0n) is 11.2. The fourth-order valence-electron chi connectivity index (χ4n) is 2.36. The number of fused-ring (bicyclic) bond motifs is 1. The van der Waals surface area contributed by atoms with Crippen molar-refractivity contribution in [2.45, 2.75) is 12.5 Å². The normalized spacial score (nSPS) is 16.1. The molecule has 0 aliphatic carbocycles. The van der Waals surface area contributed by atoms with Gasteiger partial charge in [0.1, 0.15) is 11.8 Å². The van der Waals surface area contributed by atoms with E-state index in [1.165, 1.54) is 5.56 Å². The van der Waals surface area contributed by atoms with Crippen molar-refractivity contribution in [1.82, 2.24) is 0 Å². The van der Waals surface area contributed by atoms with Crippen LogP contribution in [0.3, 0.4) is 0 Å². The van der Waals surface area contributed by atoms with E-state index in [0.717, 1.165) is 23.5 Å². The highest BCUT2D eigenvalue weighted by Crippen LogP contribution is 2.26. The summed E-state index contributed by atoms with van der Waals surface area (Å²) >= 11 is 0. The molecule has 1 amide bonds. The molecule has 0 spiro atoms. The van der Waals surface area contributed by atoms with E-state index in [0.29, 0.717) is 0 Å². The zero-order chi connectivity index (χ0) is 13.9. The van der Waals surface area contributed by atoms with Crippen LogP contribution in [0.5, 0.6) is 5.75 Å². The van der Waals surface area contributed by atoms with Gasteiger partial charge in [-0.1, -0.05) is 18.2 Å². The first-order valence-electron chi connectivity index (χ1n) is 6.55. The minimum absolute atomic E-state index is 0.0219. The summed E-state index contributed by atoms with van der Waals surface area (Å²) in [5, 5.41) is 6.15. The lowest BCUT2D eigenvalue weighted by molar-refractivity contribution is -0.116. The molecule has 0 radical (unpaired) electrons. The predicted octanol–water partition coefficient (Wildman–Crippen LogP) is 2.67. The van der Waals surface area contributed by atoms with Crippen LogP contribution in [0.25, 0.3) is 0 Å². The maximum absolute atomic E-state index is 12.2. The minimum Gasteiger partial charge on any atom is -0.497 e. The Bertz CT molecular complexity index is 598. The van der Waals surface area contributed by atoms with Gasteiger partial charge in [0.25, 0.3) is 0 Å². The topological polar surface area (TPSA) is 50.4 Å². The molecular weight excluding hydrogens is 252 g/mol. The Hall–Kier alpha value is -2.49. The number of hydrogen-bond donors (Lipinski definition) is 2. The maximum Gasteiger partial charge on any atom is 0.247 e. The third-order valence-electron chi connectivity index (χ3n) is 3.45. The summed E-state index contributed by atoms with van der Waals surface area (Å²) < 4.78 is 5.09. The van der Waals surface area contributed by atoms with Crippen molar-refractivity contribution in [3.05, 3.63) is 54.1 Å². The van der Waals surface area contributed by atoms with Gasteiger partial charge in [-0.2, -0.15) is 0 Å². The van der Waals surface area contributed by atoms with Crippen LogP contribution in [0.2, 0.25) is 0 Å². The molecule has 1 unspecified atom stereocenters. The lowest BCUT2D eigenvalue weighted by atomic mass is 10.1. The number of carbonyl (C=O) groups excluding carboxylic acids is 1. The van der Waals surface area contributed by atoms with Gasteiger partial charge < -0.3 is 15.4 Å². The molecular formula is C16H16N2O2. The van der Waals surface area contributed by atoms with E-state index in [2.05, 4.69) is 10.6 Å². The number of methoxy groups -OCH3 is 1. The lowest BCUT2D eigenvalue weighted by Crippen LogP contribution is -2.32. The van der Waals surface area contributed by atoms with Gasteiger partial charge in [-0.25, -0.2) is 0 Å². The maximum atomic E-state index is 12.2. The first-order valence-corrected chi connectivity index (χ1v) is 6.55. The Morgan fingerprint density at radius 3 is 2.65 bits per heavy atom. The second kappa shape index (κ2) is 5.25. The van der Waals surface area contributed by atoms with E-state index in [1.54, 1.807) is 7.11 Å². The van der Waals surface area contributed by atoms with Gasteiger partial charge in [0.15, 0.2) is 0 Å². The predicted molar refractivity (Wildman–Crippen MR) is 79.2 cm³/mol. The highest BCUT2D eigenvalue weighted by molar-refractivity contribution is 5.98. The van der Waals surface area contributed by atoms with Crippen LogP contribution in [0, 0.1) is 0 Å². The summed E-state index contributed by atoms with van der Waals surface area (Å²) in [5.74, 6) is 0.751. The smallest absolute Gasteiger partial charge is 0.247 e. The van der Waals surface area contributed by atoms with E-state index < -0.39 is 0 Å². The van der Waals surface area contributed by atoms with Gasteiger partial charge in [-0.3, -0.25) is 4.79 Å². The number of benzene rings is 2. The Kier molecular flexibility index (Phi) is 3.29. The average Bonchev–Trinajstić information content (AvgIpc) is 2.92. The SMILES string of the molecule is COc1ccc(NC(=O)C2Cc3ccccc3N2)cc1. The minimum atomic E-state index is -0.213. The average molecular weight is 268 g/mol. The van der Waals surface area contributed by atoms with Crippen LogP contribution >= 0.6 is 0 Å². The molecule has 0 saturated heterocycles. The van der Waals surface area contributed by atoms with Crippen molar-refractivity contribution < 1.29 is 9.53 Å². The van der Waals surface area contributed by atoms with Crippen LogP contribution < -0.4 is 15.4 Å². The molecule has 1 heterocycles. The molecule has 1 aliphatic heterocycles. The van der Waals surface area contributed by atoms with Crippen molar-refractivity contribution in [1.29, 1.82) is 0 Å². The van der Waals surface area contributed by atoms with E-state index >= 15 is 0 Å². The van der Waals surface area contributed by atoms with Crippen molar-refractivity contribution >= 4 is 17.3 Å². The van der Waals surface area contributed by atoms with E-state index in [4.69, 9.17) is 4.74 Å². The number of amides is 1. The van der Waals surface area contributed by atoms with E-state index in [9.17, 15) is 4.79 Å². The molecule has 2 aromatic rings. The molecule has 2 N–H and O–H groups in total. The molecule has 0 fully saturated rings. The molecule has 0 saturated carbocycles. The van der Waals surface area contributed by atoms with E-state index in [-0.39, 0.29) is 11.9 Å². The summed E-state index contributed by atoms with van der Waals surface area (Å²) in [4.78, 5) is 12.2. The summed E-state index contributed by atoms with van der Waals surface area (Å²) in [7, 11) is 1.62. The molecule has 102 valence electrons. The molecule has 3 rings (SSSR count). The molecule has 0 bridgehead atoms.